The average Bonchev–Trinajstić information content (AvgIpc) is 2.53. The number of hydrogen-bond donors (Lipinski definition) is 2. The Morgan fingerprint density at radius 3 is 2.81 bits per heavy atom. The molecule has 5 nitrogen and oxygen atoms in total. The maximum Gasteiger partial charge on any atom is 0.120 e. The molecule has 0 unspecified atom stereocenters. The maximum absolute atomic E-state index is 8.66. The van der Waals surface area contributed by atoms with Crippen molar-refractivity contribution in [1.82, 2.24) is 4.90 Å². The molecule has 0 radical (unpaired) electrons. The lowest BCUT2D eigenvalue weighted by atomic mass is 10.0. The minimum absolute atomic E-state index is 0.104. The van der Waals surface area contributed by atoms with Gasteiger partial charge in [0.15, 0.2) is 0 Å². The van der Waals surface area contributed by atoms with Crippen LogP contribution >= 0.6 is 0 Å². The molecule has 1 fully saturated rings. The van der Waals surface area contributed by atoms with Gasteiger partial charge in [0.05, 0.1) is 26.9 Å². The number of methoxy groups -OCH3 is 1. The summed E-state index contributed by atoms with van der Waals surface area (Å²) in [5.41, 5.74) is 1.12. The van der Waals surface area contributed by atoms with E-state index in [1.807, 2.05) is 18.2 Å². The van der Waals surface area contributed by atoms with Crippen molar-refractivity contribution in [2.45, 2.75) is 18.9 Å². The Kier molecular flexibility index (Phi) is 6.79. The molecule has 0 atom stereocenters. The summed E-state index contributed by atoms with van der Waals surface area (Å²) < 4.78 is 10.6. The lowest BCUT2D eigenvalue weighted by molar-refractivity contribution is 0.0687. The number of nitrogens with zero attached hydrogens (tertiary/aromatic N) is 1. The minimum Gasteiger partial charge on any atom is -0.497 e. The topological polar surface area (TPSA) is 54.0 Å². The molecule has 5 heteroatoms. The zero-order valence-corrected chi connectivity index (χ0v) is 12.8. The van der Waals surface area contributed by atoms with Gasteiger partial charge in [0.2, 0.25) is 0 Å². The third-order valence-corrected chi connectivity index (χ3v) is 3.82. The summed E-state index contributed by atoms with van der Waals surface area (Å²) in [6.07, 6.45) is 2.27. The van der Waals surface area contributed by atoms with Gasteiger partial charge in [-0.1, -0.05) is 6.07 Å². The summed E-state index contributed by atoms with van der Waals surface area (Å²) in [6.45, 7) is 4.37. The van der Waals surface area contributed by atoms with Crippen LogP contribution in [0.1, 0.15) is 12.8 Å². The number of aliphatic hydroxyl groups is 1. The SMILES string of the molecule is COc1cccc(NC2CCN(CCOCCO)CC2)c1. The molecule has 1 aliphatic rings. The Balaban J connectivity index is 1.68. The molecule has 21 heavy (non-hydrogen) atoms. The molecule has 1 aliphatic heterocycles. The van der Waals surface area contributed by atoms with Crippen LogP contribution < -0.4 is 10.1 Å². The highest BCUT2D eigenvalue weighted by atomic mass is 16.5. The average molecular weight is 294 g/mol. The standard InChI is InChI=1S/C16H26N2O3/c1-20-16-4-2-3-15(13-16)17-14-5-7-18(8-6-14)9-11-21-12-10-19/h2-4,13-14,17,19H,5-12H2,1H3. The van der Waals surface area contributed by atoms with Gasteiger partial charge in [0.25, 0.3) is 0 Å². The van der Waals surface area contributed by atoms with Crippen LogP contribution in [0.25, 0.3) is 0 Å². The first-order valence-electron chi connectivity index (χ1n) is 7.63. The molecule has 1 aromatic rings. The van der Waals surface area contributed by atoms with E-state index in [4.69, 9.17) is 14.6 Å². The van der Waals surface area contributed by atoms with Crippen molar-refractivity contribution in [3.63, 3.8) is 0 Å². The molecule has 1 saturated heterocycles. The normalized spacial score (nSPS) is 16.9. The summed E-state index contributed by atoms with van der Waals surface area (Å²) in [6, 6.07) is 8.61. The van der Waals surface area contributed by atoms with Crippen molar-refractivity contribution in [3.8, 4) is 5.75 Å². The Morgan fingerprint density at radius 1 is 1.29 bits per heavy atom. The third kappa shape index (κ3) is 5.53. The second-order valence-electron chi connectivity index (χ2n) is 5.33. The molecule has 0 amide bonds. The van der Waals surface area contributed by atoms with Crippen LogP contribution in [0, 0.1) is 0 Å². The van der Waals surface area contributed by atoms with Gasteiger partial charge in [-0.25, -0.2) is 0 Å². The Hall–Kier alpha value is -1.30. The molecule has 1 aromatic carbocycles. The smallest absolute Gasteiger partial charge is 0.120 e. The summed E-state index contributed by atoms with van der Waals surface area (Å²) in [5, 5.41) is 12.2. The molecule has 0 aromatic heterocycles. The third-order valence-electron chi connectivity index (χ3n) is 3.82. The fourth-order valence-corrected chi connectivity index (χ4v) is 2.61. The van der Waals surface area contributed by atoms with E-state index in [0.717, 1.165) is 43.9 Å². The number of piperidine rings is 1. The van der Waals surface area contributed by atoms with Crippen LogP contribution in [0.15, 0.2) is 24.3 Å². The molecular formula is C16H26N2O3. The van der Waals surface area contributed by atoms with Gasteiger partial charge in [-0.15, -0.1) is 0 Å². The summed E-state index contributed by atoms with van der Waals surface area (Å²) >= 11 is 0. The van der Waals surface area contributed by atoms with Gasteiger partial charge in [-0.05, 0) is 25.0 Å². The fourth-order valence-electron chi connectivity index (χ4n) is 2.61. The van der Waals surface area contributed by atoms with Gasteiger partial charge in [-0.2, -0.15) is 0 Å². The fraction of sp³-hybridized carbons (Fsp3) is 0.625. The van der Waals surface area contributed by atoms with E-state index >= 15 is 0 Å². The molecule has 2 N–H and O–H groups in total. The van der Waals surface area contributed by atoms with Crippen LogP contribution in [0.5, 0.6) is 5.75 Å². The van der Waals surface area contributed by atoms with Crippen LogP contribution in [0.2, 0.25) is 0 Å². The van der Waals surface area contributed by atoms with E-state index in [9.17, 15) is 0 Å². The largest absolute Gasteiger partial charge is 0.497 e. The molecule has 0 saturated carbocycles. The van der Waals surface area contributed by atoms with Gasteiger partial charge < -0.3 is 24.8 Å². The highest BCUT2D eigenvalue weighted by Gasteiger charge is 2.18. The maximum atomic E-state index is 8.66. The number of rotatable bonds is 8. The van der Waals surface area contributed by atoms with Crippen LogP contribution in [-0.2, 0) is 4.74 Å². The lowest BCUT2D eigenvalue weighted by Crippen LogP contribution is -2.40. The number of aliphatic hydroxyl groups excluding tert-OH is 1. The lowest BCUT2D eigenvalue weighted by Gasteiger charge is -2.32. The number of anilines is 1. The molecule has 0 aliphatic carbocycles. The van der Waals surface area contributed by atoms with Gasteiger partial charge in [-0.3, -0.25) is 0 Å². The number of likely N-dealkylation sites (tertiary alicyclic amines) is 1. The Morgan fingerprint density at radius 2 is 2.10 bits per heavy atom. The van der Waals surface area contributed by atoms with Crippen LogP contribution in [-0.4, -0.2) is 62.6 Å². The Labute approximate surface area is 126 Å². The second kappa shape index (κ2) is 8.87. The van der Waals surface area contributed by atoms with Gasteiger partial charge in [0.1, 0.15) is 5.75 Å². The zero-order chi connectivity index (χ0) is 14.9. The highest BCUT2D eigenvalue weighted by Crippen LogP contribution is 2.20. The van der Waals surface area contributed by atoms with E-state index in [1.165, 1.54) is 0 Å². The second-order valence-corrected chi connectivity index (χ2v) is 5.33. The first-order valence-corrected chi connectivity index (χ1v) is 7.63. The molecule has 0 spiro atoms. The predicted molar refractivity (Wildman–Crippen MR) is 84.0 cm³/mol. The first kappa shape index (κ1) is 16.1. The number of hydrogen-bond acceptors (Lipinski definition) is 5. The number of nitrogens with one attached hydrogen (secondary N) is 1. The minimum atomic E-state index is 0.104. The quantitative estimate of drug-likeness (QED) is 0.713. The van der Waals surface area contributed by atoms with Crippen LogP contribution in [0.3, 0.4) is 0 Å². The molecule has 2 rings (SSSR count). The summed E-state index contributed by atoms with van der Waals surface area (Å²) in [4.78, 5) is 2.42. The highest BCUT2D eigenvalue weighted by molar-refractivity contribution is 5.48. The van der Waals surface area contributed by atoms with Crippen molar-refractivity contribution in [2.24, 2.45) is 0 Å². The molecular weight excluding hydrogens is 268 g/mol. The van der Waals surface area contributed by atoms with Crippen molar-refractivity contribution in [2.75, 3.05) is 51.9 Å². The van der Waals surface area contributed by atoms with Crippen molar-refractivity contribution in [3.05, 3.63) is 24.3 Å². The number of ether oxygens (including phenoxy) is 2. The summed E-state index contributed by atoms with van der Waals surface area (Å²) in [7, 11) is 1.69. The Bertz CT molecular complexity index is 406. The van der Waals surface area contributed by atoms with Gasteiger partial charge >= 0.3 is 0 Å². The molecule has 0 bridgehead atoms. The van der Waals surface area contributed by atoms with Crippen molar-refractivity contribution < 1.29 is 14.6 Å². The van der Waals surface area contributed by atoms with Crippen molar-refractivity contribution >= 4 is 5.69 Å². The van der Waals surface area contributed by atoms with E-state index in [2.05, 4.69) is 16.3 Å². The zero-order valence-electron chi connectivity index (χ0n) is 12.8. The summed E-state index contributed by atoms with van der Waals surface area (Å²) in [5.74, 6) is 0.887. The monoisotopic (exact) mass is 294 g/mol. The van der Waals surface area contributed by atoms with E-state index in [0.29, 0.717) is 19.3 Å². The van der Waals surface area contributed by atoms with Crippen molar-refractivity contribution in [1.29, 1.82) is 0 Å². The van der Waals surface area contributed by atoms with E-state index < -0.39 is 0 Å². The molecule has 1 heterocycles. The van der Waals surface area contributed by atoms with Gasteiger partial charge in [0, 0.05) is 37.4 Å². The molecule has 118 valence electrons. The van der Waals surface area contributed by atoms with E-state index in [-0.39, 0.29) is 6.61 Å². The number of benzene rings is 1. The van der Waals surface area contributed by atoms with Crippen LogP contribution in [0.4, 0.5) is 5.69 Å². The first-order chi connectivity index (χ1) is 10.3. The van der Waals surface area contributed by atoms with E-state index in [1.54, 1.807) is 7.11 Å². The predicted octanol–water partition coefficient (Wildman–Crippen LogP) is 1.58.